The topological polar surface area (TPSA) is 111 Å². The van der Waals surface area contributed by atoms with E-state index in [0.717, 1.165) is 24.8 Å². The van der Waals surface area contributed by atoms with Crippen molar-refractivity contribution < 1.29 is 28.9 Å². The van der Waals surface area contributed by atoms with Crippen LogP contribution in [0.4, 0.5) is 5.13 Å². The van der Waals surface area contributed by atoms with Crippen molar-refractivity contribution in [1.82, 2.24) is 10.2 Å². The Labute approximate surface area is 284 Å². The molecule has 0 radical (unpaired) electrons. The average Bonchev–Trinajstić information content (AvgIpc) is 3.63. The van der Waals surface area contributed by atoms with E-state index in [1.807, 2.05) is 12.1 Å². The van der Waals surface area contributed by atoms with Crippen LogP contribution >= 0.6 is 46.3 Å². The Balaban J connectivity index is 1.37. The van der Waals surface area contributed by atoms with Gasteiger partial charge in [-0.2, -0.15) is 0 Å². The number of hydrogen-bond acceptors (Lipinski definition) is 10. The molecular formula is C33H29Cl2N3O6S2. The summed E-state index contributed by atoms with van der Waals surface area (Å²) >= 11 is 14.9. The number of anilines is 1. The van der Waals surface area contributed by atoms with Gasteiger partial charge in [0.25, 0.3) is 5.78 Å². The quantitative estimate of drug-likeness (QED) is 0.0415. The number of carbonyl (C=O) groups excluding carboxylic acids is 2. The molecule has 0 saturated carbocycles. The molecule has 46 heavy (non-hydrogen) atoms. The van der Waals surface area contributed by atoms with Crippen LogP contribution in [0.5, 0.6) is 17.2 Å². The molecule has 9 nitrogen and oxygen atoms in total. The van der Waals surface area contributed by atoms with E-state index in [1.54, 1.807) is 48.5 Å². The number of halogens is 2. The standard InChI is InChI=1S/C33H29Cl2N3O6S2/c1-2-3-4-12-42-23-7-5-6-19(15-23)28-27(29(39)20-9-11-25-26(16-20)44-14-13-43-25)30(40)31(41)38(28)32-36-37-33(46-32)45-18-21-8-10-22(34)17-24(21)35/h5-11,15-17,28,39H,2-4,12-14,18H2,1H3/b29-27+. The van der Waals surface area contributed by atoms with Gasteiger partial charge in [-0.25, -0.2) is 0 Å². The third-order valence-electron chi connectivity index (χ3n) is 7.42. The number of amides is 1. The second-order valence-electron chi connectivity index (χ2n) is 10.5. The highest BCUT2D eigenvalue weighted by Gasteiger charge is 2.48. The number of aromatic nitrogens is 2. The van der Waals surface area contributed by atoms with Gasteiger partial charge in [-0.15, -0.1) is 10.2 Å². The molecule has 13 heteroatoms. The summed E-state index contributed by atoms with van der Waals surface area (Å²) < 4.78 is 17.9. The summed E-state index contributed by atoms with van der Waals surface area (Å²) in [5.74, 6) is 0.0481. The van der Waals surface area contributed by atoms with Gasteiger partial charge in [0.05, 0.1) is 18.2 Å². The lowest BCUT2D eigenvalue weighted by atomic mass is 9.95. The third-order valence-corrected chi connectivity index (χ3v) is 10.1. The van der Waals surface area contributed by atoms with E-state index >= 15 is 0 Å². The number of ether oxygens (including phenoxy) is 3. The first-order chi connectivity index (χ1) is 22.3. The van der Waals surface area contributed by atoms with Crippen LogP contribution in [0.1, 0.15) is 48.9 Å². The Bertz CT molecular complexity index is 1810. The number of hydrogen-bond donors (Lipinski definition) is 1. The number of thioether (sulfide) groups is 1. The van der Waals surface area contributed by atoms with E-state index in [9.17, 15) is 14.7 Å². The van der Waals surface area contributed by atoms with Gasteiger partial charge in [0.1, 0.15) is 24.7 Å². The average molecular weight is 699 g/mol. The number of aliphatic hydroxyl groups excluding tert-OH is 1. The van der Waals surface area contributed by atoms with Gasteiger partial charge in [0, 0.05) is 21.4 Å². The molecule has 1 fully saturated rings. The molecule has 3 heterocycles. The van der Waals surface area contributed by atoms with E-state index < -0.39 is 17.7 Å². The molecule has 0 aliphatic carbocycles. The van der Waals surface area contributed by atoms with Crippen molar-refractivity contribution in [3.05, 3.63) is 93.0 Å². The normalized spacial score (nSPS) is 17.0. The fourth-order valence-electron chi connectivity index (χ4n) is 5.14. The molecule has 1 aromatic heterocycles. The van der Waals surface area contributed by atoms with Crippen molar-refractivity contribution in [2.45, 2.75) is 42.3 Å². The minimum atomic E-state index is -0.996. The van der Waals surface area contributed by atoms with Crippen LogP contribution in [0.2, 0.25) is 10.0 Å². The number of rotatable bonds is 11. The van der Waals surface area contributed by atoms with E-state index in [-0.39, 0.29) is 16.5 Å². The maximum Gasteiger partial charge on any atom is 0.301 e. The Kier molecular flexibility index (Phi) is 10.0. The third kappa shape index (κ3) is 6.83. The summed E-state index contributed by atoms with van der Waals surface area (Å²) in [5, 5.41) is 21.5. The van der Waals surface area contributed by atoms with Gasteiger partial charge in [-0.3, -0.25) is 14.5 Å². The van der Waals surface area contributed by atoms with E-state index in [4.69, 9.17) is 37.4 Å². The maximum absolute atomic E-state index is 13.7. The number of fused-ring (bicyclic) bond motifs is 1. The zero-order chi connectivity index (χ0) is 32.2. The van der Waals surface area contributed by atoms with Crippen LogP contribution in [-0.2, 0) is 15.3 Å². The fraction of sp³-hybridized carbons (Fsp3) is 0.273. The van der Waals surface area contributed by atoms with Crippen LogP contribution in [0.3, 0.4) is 0 Å². The van der Waals surface area contributed by atoms with Gasteiger partial charge in [0.2, 0.25) is 5.13 Å². The second-order valence-corrected chi connectivity index (χ2v) is 13.6. The van der Waals surface area contributed by atoms with Gasteiger partial charge < -0.3 is 19.3 Å². The van der Waals surface area contributed by atoms with E-state index in [2.05, 4.69) is 17.1 Å². The summed E-state index contributed by atoms with van der Waals surface area (Å²) in [5.41, 5.74) is 1.67. The minimum absolute atomic E-state index is 0.0813. The SMILES string of the molecule is CCCCCOc1cccc(C2/C(=C(\O)c3ccc4c(c3)OCCO4)C(=O)C(=O)N2c2nnc(SCc3ccc(Cl)cc3Cl)s2)c1. The molecule has 3 aromatic carbocycles. The molecule has 4 aromatic rings. The van der Waals surface area contributed by atoms with Gasteiger partial charge in [0.15, 0.2) is 15.8 Å². The van der Waals surface area contributed by atoms with Crippen LogP contribution in [0.15, 0.2) is 70.6 Å². The number of nitrogens with zero attached hydrogens (tertiary/aromatic N) is 3. The molecule has 0 bridgehead atoms. The Morgan fingerprint density at radius 2 is 1.87 bits per heavy atom. The highest BCUT2D eigenvalue weighted by atomic mass is 35.5. The molecule has 1 unspecified atom stereocenters. The Hall–Kier alpha value is -3.77. The lowest BCUT2D eigenvalue weighted by Gasteiger charge is -2.23. The molecular weight excluding hydrogens is 669 g/mol. The first-order valence-corrected chi connectivity index (χ1v) is 17.2. The Morgan fingerprint density at radius 3 is 2.67 bits per heavy atom. The molecule has 2 aliphatic heterocycles. The van der Waals surface area contributed by atoms with Crippen molar-refractivity contribution in [1.29, 1.82) is 0 Å². The van der Waals surface area contributed by atoms with Crippen LogP contribution in [-0.4, -0.2) is 46.8 Å². The van der Waals surface area contributed by atoms with Crippen LogP contribution in [0.25, 0.3) is 5.76 Å². The molecule has 238 valence electrons. The molecule has 0 spiro atoms. The van der Waals surface area contributed by atoms with Crippen molar-refractivity contribution in [3.8, 4) is 17.2 Å². The molecule has 1 N–H and O–H groups in total. The van der Waals surface area contributed by atoms with E-state index in [1.165, 1.54) is 28.0 Å². The Morgan fingerprint density at radius 1 is 1.04 bits per heavy atom. The predicted molar refractivity (Wildman–Crippen MR) is 180 cm³/mol. The molecule has 1 saturated heterocycles. The van der Waals surface area contributed by atoms with Crippen molar-refractivity contribution >= 4 is 68.9 Å². The number of Topliss-reactive ketones (excluding diaryl/α,β-unsaturated/α-hetero) is 1. The maximum atomic E-state index is 13.7. The number of aliphatic hydroxyl groups is 1. The zero-order valence-corrected chi connectivity index (χ0v) is 27.8. The fourth-order valence-corrected chi connectivity index (χ4v) is 7.57. The molecule has 1 atom stereocenters. The highest BCUT2D eigenvalue weighted by Crippen LogP contribution is 2.45. The van der Waals surface area contributed by atoms with Gasteiger partial charge in [-0.05, 0) is 60.0 Å². The monoisotopic (exact) mass is 697 g/mol. The highest BCUT2D eigenvalue weighted by molar-refractivity contribution is 8.00. The second kappa shape index (κ2) is 14.3. The first kappa shape index (κ1) is 32.2. The van der Waals surface area contributed by atoms with Crippen LogP contribution in [0, 0.1) is 0 Å². The lowest BCUT2D eigenvalue weighted by molar-refractivity contribution is -0.132. The first-order valence-electron chi connectivity index (χ1n) is 14.7. The van der Waals surface area contributed by atoms with Gasteiger partial charge in [-0.1, -0.05) is 84.3 Å². The molecule has 6 rings (SSSR count). The van der Waals surface area contributed by atoms with Crippen LogP contribution < -0.4 is 19.1 Å². The zero-order valence-electron chi connectivity index (χ0n) is 24.7. The minimum Gasteiger partial charge on any atom is -0.507 e. The largest absolute Gasteiger partial charge is 0.507 e. The number of benzene rings is 3. The number of ketones is 1. The number of unbranched alkanes of at least 4 members (excludes halogenated alkanes) is 2. The molecule has 2 aliphatic rings. The van der Waals surface area contributed by atoms with Crippen molar-refractivity contribution in [2.75, 3.05) is 24.7 Å². The summed E-state index contributed by atoms with van der Waals surface area (Å²) in [4.78, 5) is 28.7. The number of carbonyl (C=O) groups is 2. The van der Waals surface area contributed by atoms with Crippen molar-refractivity contribution in [2.24, 2.45) is 0 Å². The summed E-state index contributed by atoms with van der Waals surface area (Å²) in [6.07, 6.45) is 3.00. The van der Waals surface area contributed by atoms with Gasteiger partial charge >= 0.3 is 5.91 Å². The summed E-state index contributed by atoms with van der Waals surface area (Å²) in [7, 11) is 0. The van der Waals surface area contributed by atoms with Crippen molar-refractivity contribution in [3.63, 3.8) is 0 Å². The lowest BCUT2D eigenvalue weighted by Crippen LogP contribution is -2.29. The summed E-state index contributed by atoms with van der Waals surface area (Å²) in [6, 6.07) is 16.4. The predicted octanol–water partition coefficient (Wildman–Crippen LogP) is 8.10. The summed E-state index contributed by atoms with van der Waals surface area (Å²) in [6.45, 7) is 3.42. The molecule has 1 amide bonds. The van der Waals surface area contributed by atoms with E-state index in [0.29, 0.717) is 68.3 Å². The smallest absolute Gasteiger partial charge is 0.301 e.